The van der Waals surface area contributed by atoms with Crippen molar-refractivity contribution >= 4 is 34.2 Å². The first-order valence-corrected chi connectivity index (χ1v) is 7.68. The van der Waals surface area contributed by atoms with Gasteiger partial charge in [0.2, 0.25) is 5.78 Å². The number of benzene rings is 2. The number of rotatable bonds is 5. The lowest BCUT2D eigenvalue weighted by Crippen LogP contribution is -1.96. The van der Waals surface area contributed by atoms with Crippen LogP contribution in [0.4, 0.5) is 0 Å². The molecule has 0 aliphatic heterocycles. The van der Waals surface area contributed by atoms with Gasteiger partial charge in [0.15, 0.2) is 5.76 Å². The molecular weight excluding hydrogens is 312 g/mol. The second-order valence-corrected chi connectivity index (χ2v) is 5.40. The summed E-state index contributed by atoms with van der Waals surface area (Å²) in [6, 6.07) is 12.8. The van der Waals surface area contributed by atoms with E-state index in [1.165, 1.54) is 6.08 Å². The van der Waals surface area contributed by atoms with Gasteiger partial charge in [0.05, 0.1) is 18.3 Å². The Morgan fingerprint density at radius 1 is 1.22 bits per heavy atom. The standard InChI is InChI=1S/C19H15ClO3/c1-2-22-17-5-3-4-14-12-23-19(18(14)17)16(21)11-8-13-6-9-15(20)10-7-13/h3-12H,2H2,1H3. The maximum absolute atomic E-state index is 12.5. The van der Waals surface area contributed by atoms with Crippen molar-refractivity contribution in [1.29, 1.82) is 0 Å². The quantitative estimate of drug-likeness (QED) is 0.466. The van der Waals surface area contributed by atoms with Crippen molar-refractivity contribution in [3.05, 3.63) is 71.2 Å². The van der Waals surface area contributed by atoms with Crippen molar-refractivity contribution in [1.82, 2.24) is 0 Å². The summed E-state index contributed by atoms with van der Waals surface area (Å²) < 4.78 is 11.1. The molecule has 0 saturated heterocycles. The fraction of sp³-hybridized carbons (Fsp3) is 0.105. The number of carbonyl (C=O) groups excluding carboxylic acids is 1. The van der Waals surface area contributed by atoms with E-state index < -0.39 is 0 Å². The van der Waals surface area contributed by atoms with E-state index in [-0.39, 0.29) is 11.5 Å². The maximum Gasteiger partial charge on any atom is 0.221 e. The monoisotopic (exact) mass is 326 g/mol. The highest BCUT2D eigenvalue weighted by Gasteiger charge is 2.16. The molecule has 3 aromatic rings. The molecule has 0 aliphatic carbocycles. The summed E-state index contributed by atoms with van der Waals surface area (Å²) in [5.41, 5.74) is 0.892. The molecule has 4 heteroatoms. The molecule has 0 spiro atoms. The van der Waals surface area contributed by atoms with E-state index in [1.54, 1.807) is 24.5 Å². The first kappa shape index (κ1) is 15.4. The lowest BCUT2D eigenvalue weighted by molar-refractivity contribution is 0.102. The van der Waals surface area contributed by atoms with E-state index in [0.717, 1.165) is 10.9 Å². The molecule has 3 rings (SSSR count). The van der Waals surface area contributed by atoms with Crippen LogP contribution in [-0.2, 0) is 0 Å². The number of carbonyl (C=O) groups is 1. The zero-order valence-corrected chi connectivity index (χ0v) is 13.3. The molecule has 1 heterocycles. The predicted octanol–water partition coefficient (Wildman–Crippen LogP) is 5.38. The van der Waals surface area contributed by atoms with Gasteiger partial charge in [-0.3, -0.25) is 4.79 Å². The van der Waals surface area contributed by atoms with E-state index in [4.69, 9.17) is 20.8 Å². The second kappa shape index (κ2) is 6.71. The van der Waals surface area contributed by atoms with Gasteiger partial charge in [-0.25, -0.2) is 0 Å². The molecule has 0 atom stereocenters. The van der Waals surface area contributed by atoms with Crippen LogP contribution in [0.1, 0.15) is 23.0 Å². The fourth-order valence-electron chi connectivity index (χ4n) is 2.35. The number of allylic oxidation sites excluding steroid dienone is 1. The van der Waals surface area contributed by atoms with E-state index in [0.29, 0.717) is 22.8 Å². The largest absolute Gasteiger partial charge is 0.493 e. The second-order valence-electron chi connectivity index (χ2n) is 4.97. The number of furan rings is 1. The highest BCUT2D eigenvalue weighted by Crippen LogP contribution is 2.31. The Bertz CT molecular complexity index is 860. The summed E-state index contributed by atoms with van der Waals surface area (Å²) in [5.74, 6) is 0.735. The molecule has 0 amide bonds. The van der Waals surface area contributed by atoms with Crippen LogP contribution < -0.4 is 4.74 Å². The van der Waals surface area contributed by atoms with Gasteiger partial charge < -0.3 is 9.15 Å². The van der Waals surface area contributed by atoms with Gasteiger partial charge in [-0.05, 0) is 36.8 Å². The molecule has 23 heavy (non-hydrogen) atoms. The summed E-state index contributed by atoms with van der Waals surface area (Å²) in [6.07, 6.45) is 4.79. The number of hydrogen-bond acceptors (Lipinski definition) is 3. The van der Waals surface area contributed by atoms with Crippen molar-refractivity contribution in [2.24, 2.45) is 0 Å². The molecule has 0 N–H and O–H groups in total. The molecule has 1 aromatic heterocycles. The Morgan fingerprint density at radius 2 is 2.00 bits per heavy atom. The minimum atomic E-state index is -0.206. The fourth-order valence-corrected chi connectivity index (χ4v) is 2.48. The van der Waals surface area contributed by atoms with Crippen LogP contribution in [0.5, 0.6) is 5.75 Å². The number of ether oxygens (including phenoxy) is 1. The minimum absolute atomic E-state index is 0.206. The first-order chi connectivity index (χ1) is 11.2. The average Bonchev–Trinajstić information content (AvgIpc) is 2.99. The zero-order chi connectivity index (χ0) is 16.2. The van der Waals surface area contributed by atoms with Gasteiger partial charge in [-0.15, -0.1) is 0 Å². The highest BCUT2D eigenvalue weighted by atomic mass is 35.5. The Balaban J connectivity index is 1.93. The van der Waals surface area contributed by atoms with Gasteiger partial charge >= 0.3 is 0 Å². The summed E-state index contributed by atoms with van der Waals surface area (Å²) >= 11 is 5.85. The van der Waals surface area contributed by atoms with Crippen LogP contribution in [0.15, 0.2) is 59.2 Å². The first-order valence-electron chi connectivity index (χ1n) is 7.30. The zero-order valence-electron chi connectivity index (χ0n) is 12.6. The number of fused-ring (bicyclic) bond motifs is 1. The highest BCUT2D eigenvalue weighted by molar-refractivity contribution is 6.30. The van der Waals surface area contributed by atoms with Gasteiger partial charge in [0, 0.05) is 10.4 Å². The van der Waals surface area contributed by atoms with E-state index in [2.05, 4.69) is 0 Å². The van der Waals surface area contributed by atoms with E-state index in [1.807, 2.05) is 37.3 Å². The van der Waals surface area contributed by atoms with Crippen LogP contribution in [0.3, 0.4) is 0 Å². The molecule has 2 aromatic carbocycles. The third-order valence-corrected chi connectivity index (χ3v) is 3.66. The number of halogens is 1. The van der Waals surface area contributed by atoms with E-state index in [9.17, 15) is 4.79 Å². The lowest BCUT2D eigenvalue weighted by Gasteiger charge is -2.04. The van der Waals surface area contributed by atoms with Crippen LogP contribution in [0.25, 0.3) is 16.8 Å². The van der Waals surface area contributed by atoms with Gasteiger partial charge in [-0.2, -0.15) is 0 Å². The average molecular weight is 327 g/mol. The molecule has 0 unspecified atom stereocenters. The summed E-state index contributed by atoms with van der Waals surface area (Å²) in [5, 5.41) is 2.21. The Kier molecular flexibility index (Phi) is 4.49. The SMILES string of the molecule is CCOc1cccc2coc(C(=O)C=Cc3ccc(Cl)cc3)c12. The molecule has 116 valence electrons. The smallest absolute Gasteiger partial charge is 0.221 e. The van der Waals surface area contributed by atoms with Crippen LogP contribution in [-0.4, -0.2) is 12.4 Å². The lowest BCUT2D eigenvalue weighted by atomic mass is 10.1. The molecule has 0 bridgehead atoms. The summed E-state index contributed by atoms with van der Waals surface area (Å²) in [4.78, 5) is 12.5. The van der Waals surface area contributed by atoms with Gasteiger partial charge in [0.25, 0.3) is 0 Å². The molecule has 0 aliphatic rings. The van der Waals surface area contributed by atoms with Crippen molar-refractivity contribution in [2.45, 2.75) is 6.92 Å². The van der Waals surface area contributed by atoms with Gasteiger partial charge in [0.1, 0.15) is 5.75 Å². The molecule has 0 saturated carbocycles. The molecule has 0 fully saturated rings. The molecule has 0 radical (unpaired) electrons. The van der Waals surface area contributed by atoms with Crippen molar-refractivity contribution in [3.63, 3.8) is 0 Å². The van der Waals surface area contributed by atoms with Crippen molar-refractivity contribution in [3.8, 4) is 5.75 Å². The van der Waals surface area contributed by atoms with Crippen molar-refractivity contribution < 1.29 is 13.9 Å². The Labute approximate surface area is 139 Å². The maximum atomic E-state index is 12.5. The third-order valence-electron chi connectivity index (χ3n) is 3.41. The van der Waals surface area contributed by atoms with Crippen LogP contribution >= 0.6 is 11.6 Å². The molecular formula is C19H15ClO3. The van der Waals surface area contributed by atoms with Crippen molar-refractivity contribution in [2.75, 3.05) is 6.61 Å². The normalized spacial score (nSPS) is 11.2. The Hall–Kier alpha value is -2.52. The number of ketones is 1. The predicted molar refractivity (Wildman–Crippen MR) is 92.2 cm³/mol. The van der Waals surface area contributed by atoms with E-state index >= 15 is 0 Å². The summed E-state index contributed by atoms with van der Waals surface area (Å²) in [6.45, 7) is 2.43. The third kappa shape index (κ3) is 3.30. The molecule has 3 nitrogen and oxygen atoms in total. The summed E-state index contributed by atoms with van der Waals surface area (Å²) in [7, 11) is 0. The Morgan fingerprint density at radius 3 is 2.74 bits per heavy atom. The topological polar surface area (TPSA) is 39.4 Å². The van der Waals surface area contributed by atoms with Crippen LogP contribution in [0, 0.1) is 0 Å². The number of hydrogen-bond donors (Lipinski definition) is 0. The van der Waals surface area contributed by atoms with Gasteiger partial charge in [-0.1, -0.05) is 41.9 Å². The minimum Gasteiger partial charge on any atom is -0.493 e. The van der Waals surface area contributed by atoms with Crippen LogP contribution in [0.2, 0.25) is 5.02 Å².